The molecule has 0 aliphatic carbocycles. The standard InChI is InChI=1S/C23H17ClFN3O2S/c1-14-7-12-18(13-19(14)24)26-21(29)20(15-5-3-2-4-6-15)31-23-28-27-22(30-23)16-8-10-17(25)11-9-16/h2-13,20H,1H3,(H,26,29). The van der Waals surface area contributed by atoms with Gasteiger partial charge in [-0.15, -0.1) is 10.2 Å². The summed E-state index contributed by atoms with van der Waals surface area (Å²) in [5.41, 5.74) is 2.90. The first-order valence-electron chi connectivity index (χ1n) is 9.37. The molecule has 1 unspecified atom stereocenters. The van der Waals surface area contributed by atoms with Gasteiger partial charge in [0, 0.05) is 16.3 Å². The van der Waals surface area contributed by atoms with Gasteiger partial charge in [-0.2, -0.15) is 0 Å². The molecule has 3 aromatic carbocycles. The van der Waals surface area contributed by atoms with Crippen LogP contribution in [0.4, 0.5) is 10.1 Å². The average molecular weight is 454 g/mol. The molecule has 1 N–H and O–H groups in total. The van der Waals surface area contributed by atoms with E-state index in [9.17, 15) is 9.18 Å². The highest BCUT2D eigenvalue weighted by Crippen LogP contribution is 2.37. The Morgan fingerprint density at radius 2 is 1.81 bits per heavy atom. The second-order valence-electron chi connectivity index (χ2n) is 6.74. The van der Waals surface area contributed by atoms with Crippen molar-refractivity contribution in [3.63, 3.8) is 0 Å². The van der Waals surface area contributed by atoms with E-state index in [1.165, 1.54) is 12.1 Å². The van der Waals surface area contributed by atoms with E-state index in [1.54, 1.807) is 24.3 Å². The second-order valence-corrected chi connectivity index (χ2v) is 8.21. The van der Waals surface area contributed by atoms with Crippen LogP contribution in [0.1, 0.15) is 16.4 Å². The summed E-state index contributed by atoms with van der Waals surface area (Å²) in [5.74, 6) is -0.354. The number of benzene rings is 3. The minimum Gasteiger partial charge on any atom is -0.411 e. The van der Waals surface area contributed by atoms with Crippen LogP contribution >= 0.6 is 23.4 Å². The SMILES string of the molecule is Cc1ccc(NC(=O)C(Sc2nnc(-c3ccc(F)cc3)o2)c2ccccc2)cc1Cl. The molecule has 0 bridgehead atoms. The van der Waals surface area contributed by atoms with Crippen LogP contribution in [0, 0.1) is 12.7 Å². The minimum absolute atomic E-state index is 0.227. The van der Waals surface area contributed by atoms with Crippen LogP contribution in [-0.4, -0.2) is 16.1 Å². The highest BCUT2D eigenvalue weighted by atomic mass is 35.5. The van der Waals surface area contributed by atoms with E-state index in [0.29, 0.717) is 16.3 Å². The second kappa shape index (κ2) is 9.32. The summed E-state index contributed by atoms with van der Waals surface area (Å²) in [6.07, 6.45) is 0. The molecule has 8 heteroatoms. The Kier molecular flexibility index (Phi) is 6.34. The highest BCUT2D eigenvalue weighted by Gasteiger charge is 2.25. The molecule has 0 spiro atoms. The van der Waals surface area contributed by atoms with Gasteiger partial charge in [-0.3, -0.25) is 4.79 Å². The first kappa shape index (κ1) is 21.1. The smallest absolute Gasteiger partial charge is 0.277 e. The lowest BCUT2D eigenvalue weighted by Crippen LogP contribution is -2.19. The number of anilines is 1. The summed E-state index contributed by atoms with van der Waals surface area (Å²) in [6.45, 7) is 1.89. The van der Waals surface area contributed by atoms with Crippen molar-refractivity contribution in [2.75, 3.05) is 5.32 Å². The molecule has 4 rings (SSSR count). The lowest BCUT2D eigenvalue weighted by molar-refractivity contribution is -0.115. The van der Waals surface area contributed by atoms with Gasteiger partial charge in [0.15, 0.2) is 0 Å². The number of rotatable bonds is 6. The van der Waals surface area contributed by atoms with E-state index in [4.69, 9.17) is 16.0 Å². The zero-order valence-electron chi connectivity index (χ0n) is 16.4. The fraction of sp³-hybridized carbons (Fsp3) is 0.0870. The predicted molar refractivity (Wildman–Crippen MR) is 120 cm³/mol. The summed E-state index contributed by atoms with van der Waals surface area (Å²) < 4.78 is 18.9. The Morgan fingerprint density at radius 3 is 2.52 bits per heavy atom. The number of nitrogens with zero attached hydrogens (tertiary/aromatic N) is 2. The first-order chi connectivity index (χ1) is 15.0. The van der Waals surface area contributed by atoms with Crippen LogP contribution in [-0.2, 0) is 4.79 Å². The summed E-state index contributed by atoms with van der Waals surface area (Å²) in [5, 5.41) is 11.1. The molecule has 31 heavy (non-hydrogen) atoms. The van der Waals surface area contributed by atoms with Crippen molar-refractivity contribution in [1.82, 2.24) is 10.2 Å². The van der Waals surface area contributed by atoms with Crippen LogP contribution in [0.2, 0.25) is 5.02 Å². The molecular formula is C23H17ClFN3O2S. The third kappa shape index (κ3) is 5.13. The Hall–Kier alpha value is -3.16. The highest BCUT2D eigenvalue weighted by molar-refractivity contribution is 8.00. The molecule has 1 atom stereocenters. The molecule has 0 saturated carbocycles. The normalized spacial score (nSPS) is 11.8. The maximum atomic E-state index is 13.2. The van der Waals surface area contributed by atoms with Gasteiger partial charge in [0.25, 0.3) is 5.22 Å². The molecule has 5 nitrogen and oxygen atoms in total. The number of hydrogen-bond acceptors (Lipinski definition) is 5. The van der Waals surface area contributed by atoms with Crippen molar-refractivity contribution in [3.8, 4) is 11.5 Å². The quantitative estimate of drug-likeness (QED) is 0.346. The fourth-order valence-corrected chi connectivity index (χ4v) is 3.90. The Balaban J connectivity index is 1.58. The Morgan fingerprint density at radius 1 is 1.06 bits per heavy atom. The summed E-state index contributed by atoms with van der Waals surface area (Å²) in [4.78, 5) is 13.1. The van der Waals surface area contributed by atoms with Gasteiger partial charge in [0.05, 0.1) is 0 Å². The molecule has 0 fully saturated rings. The number of thioether (sulfide) groups is 1. The molecule has 156 valence electrons. The first-order valence-corrected chi connectivity index (χ1v) is 10.6. The summed E-state index contributed by atoms with van der Waals surface area (Å²) in [6, 6.07) is 20.4. The number of aryl methyl sites for hydroxylation is 1. The zero-order valence-corrected chi connectivity index (χ0v) is 18.0. The van der Waals surface area contributed by atoms with Crippen molar-refractivity contribution < 1.29 is 13.6 Å². The van der Waals surface area contributed by atoms with Crippen LogP contribution in [0.25, 0.3) is 11.5 Å². The summed E-state index contributed by atoms with van der Waals surface area (Å²) >= 11 is 7.32. The molecular weight excluding hydrogens is 437 g/mol. The maximum absolute atomic E-state index is 13.2. The molecule has 0 saturated heterocycles. The van der Waals surface area contributed by atoms with Gasteiger partial charge in [-0.05, 0) is 66.2 Å². The fourth-order valence-electron chi connectivity index (χ4n) is 2.85. The lowest BCUT2D eigenvalue weighted by Gasteiger charge is -2.15. The van der Waals surface area contributed by atoms with E-state index in [2.05, 4.69) is 15.5 Å². The number of carbonyl (C=O) groups is 1. The molecule has 4 aromatic rings. The topological polar surface area (TPSA) is 68.0 Å². The van der Waals surface area contributed by atoms with E-state index >= 15 is 0 Å². The molecule has 0 aliphatic rings. The molecule has 1 heterocycles. The average Bonchev–Trinajstić information content (AvgIpc) is 3.24. The number of carbonyl (C=O) groups excluding carboxylic acids is 1. The molecule has 0 radical (unpaired) electrons. The minimum atomic E-state index is -0.636. The number of nitrogens with one attached hydrogen (secondary N) is 1. The third-order valence-electron chi connectivity index (χ3n) is 4.50. The maximum Gasteiger partial charge on any atom is 0.277 e. The lowest BCUT2D eigenvalue weighted by atomic mass is 10.1. The number of hydrogen-bond donors (Lipinski definition) is 1. The van der Waals surface area contributed by atoms with Crippen LogP contribution < -0.4 is 5.32 Å². The molecule has 1 amide bonds. The van der Waals surface area contributed by atoms with Gasteiger partial charge in [0.2, 0.25) is 11.8 Å². The molecule has 1 aromatic heterocycles. The largest absolute Gasteiger partial charge is 0.411 e. The van der Waals surface area contributed by atoms with Gasteiger partial charge in [-0.25, -0.2) is 4.39 Å². The van der Waals surface area contributed by atoms with Crippen molar-refractivity contribution in [1.29, 1.82) is 0 Å². The van der Waals surface area contributed by atoms with Crippen molar-refractivity contribution in [2.45, 2.75) is 17.4 Å². The predicted octanol–water partition coefficient (Wildman–Crippen LogP) is 6.31. The van der Waals surface area contributed by atoms with Gasteiger partial charge >= 0.3 is 0 Å². The molecule has 0 aliphatic heterocycles. The number of amides is 1. The third-order valence-corrected chi connectivity index (χ3v) is 5.99. The van der Waals surface area contributed by atoms with Gasteiger partial charge in [-0.1, -0.05) is 48.0 Å². The summed E-state index contributed by atoms with van der Waals surface area (Å²) in [7, 11) is 0. The number of halogens is 2. The van der Waals surface area contributed by atoms with Crippen LogP contribution in [0.3, 0.4) is 0 Å². The van der Waals surface area contributed by atoms with E-state index in [1.807, 2.05) is 43.3 Å². The van der Waals surface area contributed by atoms with Gasteiger partial charge in [0.1, 0.15) is 11.1 Å². The van der Waals surface area contributed by atoms with Crippen molar-refractivity contribution >= 4 is 35.0 Å². The van der Waals surface area contributed by atoms with E-state index in [0.717, 1.165) is 22.9 Å². The van der Waals surface area contributed by atoms with Crippen LogP contribution in [0.15, 0.2) is 82.4 Å². The zero-order chi connectivity index (χ0) is 21.8. The Bertz CT molecular complexity index is 1200. The Labute approximate surface area is 187 Å². The van der Waals surface area contributed by atoms with E-state index < -0.39 is 5.25 Å². The van der Waals surface area contributed by atoms with Crippen LogP contribution in [0.5, 0.6) is 0 Å². The van der Waals surface area contributed by atoms with Crippen molar-refractivity contribution in [2.24, 2.45) is 0 Å². The van der Waals surface area contributed by atoms with Crippen molar-refractivity contribution in [3.05, 3.63) is 94.8 Å². The van der Waals surface area contributed by atoms with E-state index in [-0.39, 0.29) is 22.8 Å². The number of aromatic nitrogens is 2. The monoisotopic (exact) mass is 453 g/mol. The van der Waals surface area contributed by atoms with Gasteiger partial charge < -0.3 is 9.73 Å².